The van der Waals surface area contributed by atoms with Crippen molar-refractivity contribution in [2.45, 2.75) is 24.8 Å². The standard InChI is InChI=1S/C22H22N10/c1-29(2)21-17(13-32(28-21)22(5-6-23)8-15(9-22)10-24)20-19-4-7-25-31(19)14-18(27-20)16-11-26-30(3)12-16/h4,7,11-15H,5,8-9H2,1-3H3/t15-,22-. The summed E-state index contributed by atoms with van der Waals surface area (Å²) in [6.45, 7) is 0. The van der Waals surface area contributed by atoms with Gasteiger partial charge in [-0.25, -0.2) is 9.50 Å². The largest absolute Gasteiger partial charge is 0.361 e. The van der Waals surface area contributed by atoms with Gasteiger partial charge in [-0.15, -0.1) is 0 Å². The number of nitriles is 2. The van der Waals surface area contributed by atoms with Crippen molar-refractivity contribution in [2.75, 3.05) is 19.0 Å². The molecule has 1 saturated carbocycles. The molecule has 0 N–H and O–H groups in total. The van der Waals surface area contributed by atoms with Crippen LogP contribution in [0.5, 0.6) is 0 Å². The summed E-state index contributed by atoms with van der Waals surface area (Å²) in [6.07, 6.45) is 10.8. The Labute approximate surface area is 184 Å². The highest BCUT2D eigenvalue weighted by Crippen LogP contribution is 2.47. The van der Waals surface area contributed by atoms with E-state index >= 15 is 0 Å². The van der Waals surface area contributed by atoms with Crippen molar-refractivity contribution >= 4 is 11.3 Å². The van der Waals surface area contributed by atoms with Crippen molar-refractivity contribution < 1.29 is 0 Å². The minimum atomic E-state index is -0.463. The predicted molar refractivity (Wildman–Crippen MR) is 117 cm³/mol. The van der Waals surface area contributed by atoms with Gasteiger partial charge in [-0.3, -0.25) is 9.36 Å². The van der Waals surface area contributed by atoms with Gasteiger partial charge in [0, 0.05) is 39.1 Å². The molecule has 4 aromatic rings. The van der Waals surface area contributed by atoms with Crippen LogP contribution in [0.3, 0.4) is 0 Å². The van der Waals surface area contributed by atoms with E-state index in [1.54, 1.807) is 17.1 Å². The van der Waals surface area contributed by atoms with Crippen LogP contribution in [-0.4, -0.2) is 48.3 Å². The van der Waals surface area contributed by atoms with Crippen molar-refractivity contribution in [3.05, 3.63) is 37.1 Å². The Balaban J connectivity index is 1.69. The Hall–Kier alpha value is -4.18. The second-order valence-electron chi connectivity index (χ2n) is 8.54. The van der Waals surface area contributed by atoms with E-state index in [4.69, 9.17) is 10.1 Å². The molecule has 0 saturated heterocycles. The summed E-state index contributed by atoms with van der Waals surface area (Å²) in [5, 5.41) is 32.3. The highest BCUT2D eigenvalue weighted by atomic mass is 15.4. The van der Waals surface area contributed by atoms with Gasteiger partial charge in [-0.1, -0.05) is 0 Å². The third kappa shape index (κ3) is 3.00. The highest BCUT2D eigenvalue weighted by Gasteiger charge is 2.47. The van der Waals surface area contributed by atoms with E-state index in [0.717, 1.165) is 33.8 Å². The number of aryl methyl sites for hydroxylation is 1. The second kappa shape index (κ2) is 7.20. The highest BCUT2D eigenvalue weighted by molar-refractivity contribution is 5.84. The number of nitrogens with zero attached hydrogens (tertiary/aromatic N) is 10. The number of rotatable bonds is 5. The lowest BCUT2D eigenvalue weighted by molar-refractivity contribution is 0.0884. The minimum Gasteiger partial charge on any atom is -0.361 e. The van der Waals surface area contributed by atoms with Crippen molar-refractivity contribution in [3.8, 4) is 34.7 Å². The maximum absolute atomic E-state index is 9.45. The van der Waals surface area contributed by atoms with Crippen molar-refractivity contribution in [2.24, 2.45) is 13.0 Å². The van der Waals surface area contributed by atoms with E-state index in [1.807, 2.05) is 59.9 Å². The molecule has 0 bridgehead atoms. The maximum Gasteiger partial charge on any atom is 0.159 e. The Morgan fingerprint density at radius 1 is 1.19 bits per heavy atom. The third-order valence-corrected chi connectivity index (χ3v) is 6.09. The van der Waals surface area contributed by atoms with E-state index < -0.39 is 5.54 Å². The molecule has 0 aromatic carbocycles. The van der Waals surface area contributed by atoms with E-state index in [-0.39, 0.29) is 5.92 Å². The molecule has 10 nitrogen and oxygen atoms in total. The van der Waals surface area contributed by atoms with Crippen LogP contribution in [0.15, 0.2) is 37.1 Å². The van der Waals surface area contributed by atoms with Gasteiger partial charge in [0.2, 0.25) is 0 Å². The lowest BCUT2D eigenvalue weighted by Crippen LogP contribution is -2.46. The molecule has 4 aromatic heterocycles. The van der Waals surface area contributed by atoms with Gasteiger partial charge >= 0.3 is 0 Å². The third-order valence-electron chi connectivity index (χ3n) is 6.09. The van der Waals surface area contributed by atoms with Gasteiger partial charge in [0.25, 0.3) is 0 Å². The van der Waals surface area contributed by atoms with Crippen molar-refractivity contribution in [1.82, 2.24) is 34.2 Å². The Morgan fingerprint density at radius 2 is 2.00 bits per heavy atom. The van der Waals surface area contributed by atoms with E-state index in [0.29, 0.717) is 19.3 Å². The lowest BCUT2D eigenvalue weighted by Gasteiger charge is -2.43. The summed E-state index contributed by atoms with van der Waals surface area (Å²) >= 11 is 0. The van der Waals surface area contributed by atoms with Gasteiger partial charge in [0.1, 0.15) is 5.69 Å². The van der Waals surface area contributed by atoms with Crippen LogP contribution in [0.2, 0.25) is 0 Å². The second-order valence-corrected chi connectivity index (χ2v) is 8.54. The number of anilines is 1. The fraction of sp³-hybridized carbons (Fsp3) is 0.364. The first-order valence-electron chi connectivity index (χ1n) is 10.3. The summed E-state index contributed by atoms with van der Waals surface area (Å²) in [4.78, 5) is 6.92. The van der Waals surface area contributed by atoms with Crippen LogP contribution in [-0.2, 0) is 12.6 Å². The Kier molecular flexibility index (Phi) is 4.45. The first-order valence-corrected chi connectivity index (χ1v) is 10.3. The van der Waals surface area contributed by atoms with Crippen molar-refractivity contribution in [1.29, 1.82) is 10.5 Å². The van der Waals surface area contributed by atoms with Crippen LogP contribution in [0, 0.1) is 28.6 Å². The number of aromatic nitrogens is 7. The van der Waals surface area contributed by atoms with E-state index in [9.17, 15) is 10.5 Å². The van der Waals surface area contributed by atoms with Crippen LogP contribution >= 0.6 is 0 Å². The Morgan fingerprint density at radius 3 is 2.66 bits per heavy atom. The summed E-state index contributed by atoms with van der Waals surface area (Å²) < 4.78 is 5.42. The monoisotopic (exact) mass is 426 g/mol. The molecule has 1 fully saturated rings. The van der Waals surface area contributed by atoms with Gasteiger partial charge < -0.3 is 4.90 Å². The lowest BCUT2D eigenvalue weighted by atomic mass is 9.67. The summed E-state index contributed by atoms with van der Waals surface area (Å²) in [5.41, 5.74) is 3.64. The molecular formula is C22H22N10. The number of fused-ring (bicyclic) bond motifs is 1. The molecule has 0 atom stereocenters. The van der Waals surface area contributed by atoms with Crippen LogP contribution in [0.1, 0.15) is 19.3 Å². The minimum absolute atomic E-state index is 0.0487. The maximum atomic E-state index is 9.45. The summed E-state index contributed by atoms with van der Waals surface area (Å²) in [6, 6.07) is 6.53. The quantitative estimate of drug-likeness (QED) is 0.481. The van der Waals surface area contributed by atoms with Crippen LogP contribution in [0.4, 0.5) is 5.82 Å². The zero-order chi connectivity index (χ0) is 22.5. The molecule has 4 heterocycles. The molecule has 32 heavy (non-hydrogen) atoms. The molecule has 0 radical (unpaired) electrons. The zero-order valence-corrected chi connectivity index (χ0v) is 18.1. The molecule has 0 unspecified atom stereocenters. The van der Waals surface area contributed by atoms with Gasteiger partial charge in [-0.05, 0) is 18.9 Å². The molecule has 10 heteroatoms. The van der Waals surface area contributed by atoms with E-state index in [1.165, 1.54) is 0 Å². The van der Waals surface area contributed by atoms with E-state index in [2.05, 4.69) is 22.3 Å². The molecular weight excluding hydrogens is 404 g/mol. The van der Waals surface area contributed by atoms with Crippen LogP contribution < -0.4 is 4.90 Å². The molecule has 1 aliphatic rings. The topological polar surface area (TPSA) is 117 Å². The van der Waals surface area contributed by atoms with Gasteiger partial charge in [0.15, 0.2) is 5.82 Å². The number of hydrogen-bond donors (Lipinski definition) is 0. The van der Waals surface area contributed by atoms with Crippen LogP contribution in [0.25, 0.3) is 28.0 Å². The molecule has 0 aliphatic heterocycles. The molecule has 0 amide bonds. The van der Waals surface area contributed by atoms with Gasteiger partial charge in [0.05, 0.1) is 65.4 Å². The first kappa shape index (κ1) is 19.8. The fourth-order valence-corrected chi connectivity index (χ4v) is 4.43. The smallest absolute Gasteiger partial charge is 0.159 e. The zero-order valence-electron chi connectivity index (χ0n) is 18.1. The predicted octanol–water partition coefficient (Wildman–Crippen LogP) is 2.60. The first-order chi connectivity index (χ1) is 15.4. The fourth-order valence-electron chi connectivity index (χ4n) is 4.43. The average molecular weight is 426 g/mol. The Bertz CT molecular complexity index is 1380. The molecule has 1 aliphatic carbocycles. The van der Waals surface area contributed by atoms with Gasteiger partial charge in [-0.2, -0.15) is 25.8 Å². The average Bonchev–Trinajstić information content (AvgIpc) is 3.48. The normalized spacial score (nSPS) is 20.0. The molecule has 5 rings (SSSR count). The summed E-state index contributed by atoms with van der Waals surface area (Å²) in [7, 11) is 5.74. The summed E-state index contributed by atoms with van der Waals surface area (Å²) in [5.74, 6) is 0.703. The SMILES string of the molecule is CN(C)c1nn([C@]2(CC#N)C[C@@H](C#N)C2)cc1-c1nc(-c2cnn(C)c2)cn2nccc12. The number of hydrogen-bond acceptors (Lipinski definition) is 7. The molecule has 160 valence electrons. The molecule has 0 spiro atoms. The van der Waals surface area contributed by atoms with Crippen molar-refractivity contribution in [3.63, 3.8) is 0 Å².